The molecule has 2 aromatic heterocycles. The van der Waals surface area contributed by atoms with Crippen molar-refractivity contribution in [3.05, 3.63) is 27.7 Å². The number of carbonyl (C=O) groups excluding carboxylic acids is 1. The highest BCUT2D eigenvalue weighted by Crippen LogP contribution is 2.29. The summed E-state index contributed by atoms with van der Waals surface area (Å²) in [6.45, 7) is 7.08. The van der Waals surface area contributed by atoms with E-state index >= 15 is 0 Å². The monoisotopic (exact) mass is 394 g/mol. The Morgan fingerprint density at radius 1 is 1.32 bits per heavy atom. The molecule has 0 N–H and O–H groups in total. The van der Waals surface area contributed by atoms with Gasteiger partial charge in [-0.25, -0.2) is 8.78 Å². The molecule has 2 aromatic rings. The number of pyridine rings is 1. The normalized spacial score (nSPS) is 17.6. The molecule has 0 aliphatic carbocycles. The Bertz CT molecular complexity index is 919. The van der Waals surface area contributed by atoms with Gasteiger partial charge in [0.05, 0.1) is 0 Å². The van der Waals surface area contributed by atoms with Gasteiger partial charge in [-0.3, -0.25) is 18.8 Å². The highest BCUT2D eigenvalue weighted by Gasteiger charge is 2.26. The number of halogens is 2. The largest absolute Gasteiger partial charge is 0.340 e. The van der Waals surface area contributed by atoms with Gasteiger partial charge in [0.15, 0.2) is 5.65 Å². The molecule has 1 fully saturated rings. The van der Waals surface area contributed by atoms with Crippen molar-refractivity contribution in [2.24, 2.45) is 0 Å². The summed E-state index contributed by atoms with van der Waals surface area (Å²) in [7, 11) is 0. The molecule has 3 heterocycles. The van der Waals surface area contributed by atoms with E-state index < -0.39 is 12.0 Å². The van der Waals surface area contributed by atoms with Crippen LogP contribution in [0.3, 0.4) is 0 Å². The lowest BCUT2D eigenvalue weighted by molar-refractivity contribution is -0.135. The van der Waals surface area contributed by atoms with E-state index in [0.29, 0.717) is 17.6 Å². The molecule has 154 valence electrons. The molecule has 0 radical (unpaired) electrons. The van der Waals surface area contributed by atoms with Gasteiger partial charge in [0.1, 0.15) is 0 Å². The maximum absolute atomic E-state index is 13.5. The predicted molar refractivity (Wildman–Crippen MR) is 104 cm³/mol. The van der Waals surface area contributed by atoms with Crippen molar-refractivity contribution < 1.29 is 13.6 Å². The number of rotatable bonds is 6. The molecule has 1 amide bonds. The van der Waals surface area contributed by atoms with Crippen molar-refractivity contribution in [3.8, 4) is 0 Å². The second kappa shape index (κ2) is 8.41. The van der Waals surface area contributed by atoms with E-state index in [1.807, 2.05) is 11.8 Å². The zero-order chi connectivity index (χ0) is 20.4. The third-order valence-corrected chi connectivity index (χ3v) is 5.78. The zero-order valence-corrected chi connectivity index (χ0v) is 16.8. The number of hydrogen-bond acceptors (Lipinski definition) is 3. The van der Waals surface area contributed by atoms with Crippen molar-refractivity contribution in [1.82, 2.24) is 19.2 Å². The van der Waals surface area contributed by atoms with Crippen LogP contribution >= 0.6 is 0 Å². The minimum atomic E-state index is -2.75. The molecule has 1 saturated heterocycles. The molecule has 1 atom stereocenters. The van der Waals surface area contributed by atoms with Crippen molar-refractivity contribution in [3.63, 3.8) is 0 Å². The molecule has 1 aliphatic rings. The van der Waals surface area contributed by atoms with E-state index in [2.05, 4.69) is 12.0 Å². The number of carbonyl (C=O) groups is 1. The van der Waals surface area contributed by atoms with Crippen molar-refractivity contribution in [2.45, 2.75) is 78.4 Å². The van der Waals surface area contributed by atoms with Gasteiger partial charge in [-0.2, -0.15) is 5.10 Å². The van der Waals surface area contributed by atoms with Gasteiger partial charge in [0.2, 0.25) is 5.91 Å². The fourth-order valence-corrected chi connectivity index (χ4v) is 4.25. The highest BCUT2D eigenvalue weighted by molar-refractivity contribution is 5.83. The minimum absolute atomic E-state index is 0.0104. The maximum atomic E-state index is 13.5. The summed E-state index contributed by atoms with van der Waals surface area (Å²) >= 11 is 0. The first kappa shape index (κ1) is 20.5. The van der Waals surface area contributed by atoms with Crippen LogP contribution in [0.1, 0.15) is 63.6 Å². The van der Waals surface area contributed by atoms with Gasteiger partial charge >= 0.3 is 0 Å². The summed E-state index contributed by atoms with van der Waals surface area (Å²) < 4.78 is 30.0. The van der Waals surface area contributed by atoms with Gasteiger partial charge in [-0.1, -0.05) is 6.92 Å². The van der Waals surface area contributed by atoms with Gasteiger partial charge in [0.25, 0.3) is 12.0 Å². The first-order valence-electron chi connectivity index (χ1n) is 10.1. The van der Waals surface area contributed by atoms with Crippen LogP contribution in [0.15, 0.2) is 10.9 Å². The molecular formula is C20H28F2N4O2. The molecule has 0 unspecified atom stereocenters. The van der Waals surface area contributed by atoms with Crippen molar-refractivity contribution >= 4 is 16.9 Å². The molecule has 0 aromatic carbocycles. The van der Waals surface area contributed by atoms with E-state index in [1.165, 1.54) is 4.57 Å². The number of nitrogens with zero attached hydrogens (tertiary/aromatic N) is 4. The second-order valence-electron chi connectivity index (χ2n) is 7.39. The fourth-order valence-electron chi connectivity index (χ4n) is 4.25. The Kier molecular flexibility index (Phi) is 6.15. The van der Waals surface area contributed by atoms with E-state index in [4.69, 9.17) is 0 Å². The minimum Gasteiger partial charge on any atom is -0.340 e. The Labute approximate surface area is 163 Å². The van der Waals surface area contributed by atoms with Crippen LogP contribution in [0.25, 0.3) is 11.0 Å². The molecule has 28 heavy (non-hydrogen) atoms. The quantitative estimate of drug-likeness (QED) is 0.752. The Balaban J connectivity index is 1.93. The summed E-state index contributed by atoms with van der Waals surface area (Å²) in [5, 5.41) is 4.69. The first-order valence-corrected chi connectivity index (χ1v) is 10.1. The number of likely N-dealkylation sites (tertiary alicyclic amines) is 1. The van der Waals surface area contributed by atoms with Crippen molar-refractivity contribution in [2.75, 3.05) is 6.54 Å². The van der Waals surface area contributed by atoms with Crippen molar-refractivity contribution in [1.29, 1.82) is 0 Å². The van der Waals surface area contributed by atoms with Crippen LogP contribution in [0.2, 0.25) is 0 Å². The second-order valence-corrected chi connectivity index (χ2v) is 7.39. The Morgan fingerprint density at radius 2 is 2.07 bits per heavy atom. The number of hydrogen-bond donors (Lipinski definition) is 0. The van der Waals surface area contributed by atoms with Gasteiger partial charge in [-0.15, -0.1) is 0 Å². The van der Waals surface area contributed by atoms with Crippen LogP contribution in [-0.2, 0) is 17.9 Å². The molecular weight excluding hydrogens is 366 g/mol. The third kappa shape index (κ3) is 3.69. The molecule has 0 bridgehead atoms. The molecule has 0 saturated carbocycles. The van der Waals surface area contributed by atoms with E-state index in [9.17, 15) is 18.4 Å². The maximum Gasteiger partial charge on any atom is 0.264 e. The predicted octanol–water partition coefficient (Wildman–Crippen LogP) is 3.65. The molecule has 3 rings (SSSR count). The van der Waals surface area contributed by atoms with Crippen LogP contribution in [-0.4, -0.2) is 37.7 Å². The third-order valence-electron chi connectivity index (χ3n) is 5.78. The summed E-state index contributed by atoms with van der Waals surface area (Å²) in [6.07, 6.45) is 1.46. The smallest absolute Gasteiger partial charge is 0.264 e. The van der Waals surface area contributed by atoms with Crippen LogP contribution in [0.4, 0.5) is 8.78 Å². The highest BCUT2D eigenvalue weighted by atomic mass is 19.3. The standard InChI is InChI=1S/C20H28F2N4O2/c1-4-14-8-6-7-10-24(14)16(27)9-11-25-17(28)12-15(19(21)22)18-13(3)26(5-2)23-20(18)25/h12,14,19H,4-11H2,1-3H3/t14-/m0/s1. The zero-order valence-electron chi connectivity index (χ0n) is 16.8. The molecule has 6 nitrogen and oxygen atoms in total. The lowest BCUT2D eigenvalue weighted by atomic mass is 9.99. The van der Waals surface area contributed by atoms with Gasteiger partial charge < -0.3 is 4.90 Å². The first-order chi connectivity index (χ1) is 13.4. The number of alkyl halides is 2. The molecule has 1 aliphatic heterocycles. The summed E-state index contributed by atoms with van der Waals surface area (Å²) in [5.41, 5.74) is 0.0134. The number of aryl methyl sites for hydroxylation is 3. The molecule has 0 spiro atoms. The Hall–Kier alpha value is -2.25. The van der Waals surface area contributed by atoms with Crippen LogP contribution in [0, 0.1) is 6.92 Å². The average molecular weight is 394 g/mol. The van der Waals surface area contributed by atoms with Gasteiger partial charge in [-0.05, 0) is 39.5 Å². The summed E-state index contributed by atoms with van der Waals surface area (Å²) in [4.78, 5) is 27.2. The SMILES string of the molecule is CC[C@H]1CCCCN1C(=O)CCn1c(=O)cc(C(F)F)c2c(C)n(CC)nc21. The van der Waals surface area contributed by atoms with Gasteiger partial charge in [0, 0.05) is 54.8 Å². The Morgan fingerprint density at radius 3 is 2.71 bits per heavy atom. The van der Waals surface area contributed by atoms with Crippen LogP contribution in [0.5, 0.6) is 0 Å². The lowest BCUT2D eigenvalue weighted by Gasteiger charge is -2.35. The van der Waals surface area contributed by atoms with Crippen LogP contribution < -0.4 is 5.56 Å². The van der Waals surface area contributed by atoms with E-state index in [0.717, 1.165) is 38.3 Å². The summed E-state index contributed by atoms with van der Waals surface area (Å²) in [5.74, 6) is 0.0104. The topological polar surface area (TPSA) is 60.1 Å². The van der Waals surface area contributed by atoms with E-state index in [1.54, 1.807) is 11.6 Å². The fraction of sp³-hybridized carbons (Fsp3) is 0.650. The van der Waals surface area contributed by atoms with E-state index in [-0.39, 0.29) is 36.1 Å². The number of fused-ring (bicyclic) bond motifs is 1. The average Bonchev–Trinajstić information content (AvgIpc) is 3.02. The lowest BCUT2D eigenvalue weighted by Crippen LogP contribution is -2.43. The number of aromatic nitrogens is 3. The number of amides is 1. The summed E-state index contributed by atoms with van der Waals surface area (Å²) in [6, 6.07) is 1.24. The molecule has 8 heteroatoms. The number of piperidine rings is 1.